The first-order chi connectivity index (χ1) is 12.3. The lowest BCUT2D eigenvalue weighted by molar-refractivity contribution is -0.123. The second-order valence-electron chi connectivity index (χ2n) is 5.52. The lowest BCUT2D eigenvalue weighted by Crippen LogP contribution is -2.30. The van der Waals surface area contributed by atoms with E-state index in [0.29, 0.717) is 21.5 Å². The van der Waals surface area contributed by atoms with Crippen molar-refractivity contribution in [2.45, 2.75) is 20.0 Å². The summed E-state index contributed by atoms with van der Waals surface area (Å²) in [5.74, 6) is -0.685. The van der Waals surface area contributed by atoms with Gasteiger partial charge in [0.1, 0.15) is 5.75 Å². The third-order valence-corrected chi connectivity index (χ3v) is 4.30. The summed E-state index contributed by atoms with van der Waals surface area (Å²) in [5.41, 5.74) is 1.31. The number of ether oxygens (including phenoxy) is 2. The van der Waals surface area contributed by atoms with Crippen LogP contribution in [0, 0.1) is 0 Å². The molecule has 2 aromatic carbocycles. The molecule has 1 N–H and O–H groups in total. The Morgan fingerprint density at radius 1 is 1.08 bits per heavy atom. The second kappa shape index (κ2) is 8.62. The predicted octanol–water partition coefficient (Wildman–Crippen LogP) is 3.84. The Morgan fingerprint density at radius 3 is 2.31 bits per heavy atom. The Kier molecular flexibility index (Phi) is 6.52. The molecule has 0 aliphatic heterocycles. The van der Waals surface area contributed by atoms with Crippen LogP contribution in [-0.2, 0) is 9.53 Å². The SMILES string of the molecule is COc1ccc(Br)c(C(=O)OC(C)C(=O)Nc2ccc(C(C)=O)cc2)c1. The summed E-state index contributed by atoms with van der Waals surface area (Å²) in [6.07, 6.45) is -1.01. The van der Waals surface area contributed by atoms with Crippen LogP contribution in [0.15, 0.2) is 46.9 Å². The van der Waals surface area contributed by atoms with E-state index in [9.17, 15) is 14.4 Å². The van der Waals surface area contributed by atoms with Crippen molar-refractivity contribution in [3.05, 3.63) is 58.1 Å². The summed E-state index contributed by atoms with van der Waals surface area (Å²) in [6.45, 7) is 2.94. The van der Waals surface area contributed by atoms with Crippen molar-refractivity contribution in [3.63, 3.8) is 0 Å². The Balaban J connectivity index is 2.02. The zero-order valence-corrected chi connectivity index (χ0v) is 16.1. The Hall–Kier alpha value is -2.67. The van der Waals surface area contributed by atoms with Crippen LogP contribution in [0.4, 0.5) is 5.69 Å². The number of amides is 1. The smallest absolute Gasteiger partial charge is 0.340 e. The second-order valence-corrected chi connectivity index (χ2v) is 6.37. The minimum absolute atomic E-state index is 0.0611. The molecule has 6 nitrogen and oxygen atoms in total. The van der Waals surface area contributed by atoms with Gasteiger partial charge in [-0.3, -0.25) is 9.59 Å². The molecule has 1 atom stereocenters. The Bertz CT molecular complexity index is 832. The van der Waals surface area contributed by atoms with Crippen molar-refractivity contribution in [1.29, 1.82) is 0 Å². The van der Waals surface area contributed by atoms with Gasteiger partial charge in [0.2, 0.25) is 0 Å². The van der Waals surface area contributed by atoms with Crippen molar-refractivity contribution >= 4 is 39.3 Å². The average Bonchev–Trinajstić information content (AvgIpc) is 2.62. The van der Waals surface area contributed by atoms with Gasteiger partial charge in [-0.1, -0.05) is 0 Å². The van der Waals surface area contributed by atoms with Gasteiger partial charge >= 0.3 is 5.97 Å². The highest BCUT2D eigenvalue weighted by Gasteiger charge is 2.21. The van der Waals surface area contributed by atoms with E-state index >= 15 is 0 Å². The number of Topliss-reactive ketones (excluding diaryl/α,β-unsaturated/α-hetero) is 1. The van der Waals surface area contributed by atoms with Gasteiger partial charge in [0, 0.05) is 15.7 Å². The Morgan fingerprint density at radius 2 is 1.73 bits per heavy atom. The lowest BCUT2D eigenvalue weighted by atomic mass is 10.1. The number of carbonyl (C=O) groups is 3. The zero-order valence-electron chi connectivity index (χ0n) is 14.5. The van der Waals surface area contributed by atoms with Crippen LogP contribution < -0.4 is 10.1 Å². The number of nitrogens with one attached hydrogen (secondary N) is 1. The monoisotopic (exact) mass is 419 g/mol. The van der Waals surface area contributed by atoms with E-state index < -0.39 is 18.0 Å². The number of carbonyl (C=O) groups excluding carboxylic acids is 3. The third kappa shape index (κ3) is 4.92. The molecule has 0 heterocycles. The van der Waals surface area contributed by atoms with Crippen molar-refractivity contribution in [3.8, 4) is 5.75 Å². The van der Waals surface area contributed by atoms with Crippen LogP contribution in [0.3, 0.4) is 0 Å². The highest BCUT2D eigenvalue weighted by atomic mass is 79.9. The molecule has 7 heteroatoms. The fourth-order valence-electron chi connectivity index (χ4n) is 2.10. The first-order valence-electron chi connectivity index (χ1n) is 7.78. The van der Waals surface area contributed by atoms with Gasteiger partial charge in [0.15, 0.2) is 11.9 Å². The minimum Gasteiger partial charge on any atom is -0.497 e. The number of hydrogen-bond acceptors (Lipinski definition) is 5. The molecule has 136 valence electrons. The maximum Gasteiger partial charge on any atom is 0.340 e. The van der Waals surface area contributed by atoms with Crippen LogP contribution >= 0.6 is 15.9 Å². The zero-order chi connectivity index (χ0) is 19.3. The molecule has 2 aromatic rings. The topological polar surface area (TPSA) is 81.7 Å². The van der Waals surface area contributed by atoms with Gasteiger partial charge in [-0.15, -0.1) is 0 Å². The molecule has 0 spiro atoms. The number of anilines is 1. The van der Waals surface area contributed by atoms with Gasteiger partial charge in [0.25, 0.3) is 5.91 Å². The molecular weight excluding hydrogens is 402 g/mol. The molecular formula is C19H18BrNO5. The largest absolute Gasteiger partial charge is 0.497 e. The molecule has 0 aliphatic carbocycles. The van der Waals surface area contributed by atoms with E-state index in [1.807, 2.05) is 0 Å². The van der Waals surface area contributed by atoms with Crippen LogP contribution in [0.2, 0.25) is 0 Å². The highest BCUT2D eigenvalue weighted by Crippen LogP contribution is 2.23. The fraction of sp³-hybridized carbons (Fsp3) is 0.211. The van der Waals surface area contributed by atoms with Crippen LogP contribution in [0.1, 0.15) is 34.6 Å². The summed E-state index contributed by atoms with van der Waals surface area (Å²) in [5, 5.41) is 2.64. The van der Waals surface area contributed by atoms with Crippen molar-refractivity contribution in [1.82, 2.24) is 0 Å². The van der Waals surface area contributed by atoms with Crippen LogP contribution in [0.5, 0.6) is 5.75 Å². The van der Waals surface area contributed by atoms with E-state index in [-0.39, 0.29) is 11.3 Å². The summed E-state index contributed by atoms with van der Waals surface area (Å²) in [7, 11) is 1.49. The molecule has 0 fully saturated rings. The van der Waals surface area contributed by atoms with E-state index in [2.05, 4.69) is 21.2 Å². The molecule has 0 saturated carbocycles. The van der Waals surface area contributed by atoms with Crippen molar-refractivity contribution in [2.24, 2.45) is 0 Å². The van der Waals surface area contributed by atoms with E-state index in [4.69, 9.17) is 9.47 Å². The summed E-state index contributed by atoms with van der Waals surface area (Å²) in [4.78, 5) is 35.8. The van der Waals surface area contributed by atoms with Crippen LogP contribution in [0.25, 0.3) is 0 Å². The molecule has 0 bridgehead atoms. The van der Waals surface area contributed by atoms with Gasteiger partial charge in [-0.05, 0) is 72.2 Å². The number of halogens is 1. The van der Waals surface area contributed by atoms with Crippen molar-refractivity contribution < 1.29 is 23.9 Å². The number of hydrogen-bond donors (Lipinski definition) is 1. The molecule has 0 aliphatic rings. The number of rotatable bonds is 6. The van der Waals surface area contributed by atoms with Crippen LogP contribution in [-0.4, -0.2) is 30.9 Å². The molecule has 26 heavy (non-hydrogen) atoms. The molecule has 0 aromatic heterocycles. The number of benzene rings is 2. The van der Waals surface area contributed by atoms with Gasteiger partial charge in [-0.2, -0.15) is 0 Å². The number of methoxy groups -OCH3 is 1. The summed E-state index contributed by atoms with van der Waals surface area (Å²) >= 11 is 3.27. The molecule has 1 amide bonds. The fourth-order valence-corrected chi connectivity index (χ4v) is 2.51. The van der Waals surface area contributed by atoms with Gasteiger partial charge < -0.3 is 14.8 Å². The normalized spacial score (nSPS) is 11.4. The van der Waals surface area contributed by atoms with E-state index in [1.54, 1.807) is 36.4 Å². The first kappa shape index (κ1) is 19.7. The van der Waals surface area contributed by atoms with Gasteiger partial charge in [0.05, 0.1) is 12.7 Å². The highest BCUT2D eigenvalue weighted by molar-refractivity contribution is 9.10. The summed E-state index contributed by atoms with van der Waals surface area (Å²) in [6, 6.07) is 11.3. The molecule has 1 unspecified atom stereocenters. The third-order valence-electron chi connectivity index (χ3n) is 3.61. The van der Waals surface area contributed by atoms with E-state index in [0.717, 1.165) is 0 Å². The number of esters is 1. The average molecular weight is 420 g/mol. The Labute approximate surface area is 159 Å². The summed E-state index contributed by atoms with van der Waals surface area (Å²) < 4.78 is 10.8. The lowest BCUT2D eigenvalue weighted by Gasteiger charge is -2.14. The van der Waals surface area contributed by atoms with Crippen molar-refractivity contribution in [2.75, 3.05) is 12.4 Å². The standard InChI is InChI=1S/C19H18BrNO5/c1-11(22)13-4-6-14(7-5-13)21-18(23)12(2)26-19(24)16-10-15(25-3)8-9-17(16)20/h4-10,12H,1-3H3,(H,21,23). The molecule has 2 rings (SSSR count). The van der Waals surface area contributed by atoms with E-state index in [1.165, 1.54) is 27.0 Å². The quantitative estimate of drug-likeness (QED) is 0.567. The first-order valence-corrected chi connectivity index (χ1v) is 8.57. The number of ketones is 1. The maximum absolute atomic E-state index is 12.3. The van der Waals surface area contributed by atoms with Gasteiger partial charge in [-0.25, -0.2) is 4.79 Å². The minimum atomic E-state index is -1.01. The maximum atomic E-state index is 12.3. The predicted molar refractivity (Wildman–Crippen MR) is 101 cm³/mol. The molecule has 0 radical (unpaired) electrons. The molecule has 0 saturated heterocycles.